The van der Waals surface area contributed by atoms with Crippen molar-refractivity contribution in [3.05, 3.63) is 23.5 Å². The molecule has 0 aliphatic carbocycles. The summed E-state index contributed by atoms with van der Waals surface area (Å²) in [5.41, 5.74) is 0.179. The summed E-state index contributed by atoms with van der Waals surface area (Å²) < 4.78 is 5.41. The predicted molar refractivity (Wildman–Crippen MR) is 92.2 cm³/mol. The van der Waals surface area contributed by atoms with Gasteiger partial charge in [-0.1, -0.05) is 11.6 Å². The highest BCUT2D eigenvalue weighted by Gasteiger charge is 2.30. The first-order chi connectivity index (χ1) is 11.3. The lowest BCUT2D eigenvalue weighted by molar-refractivity contribution is 0.0293. The van der Waals surface area contributed by atoms with Crippen LogP contribution in [0.1, 0.15) is 27.2 Å². The molecule has 0 spiro atoms. The molecule has 7 nitrogen and oxygen atoms in total. The molecule has 0 aromatic carbocycles. The van der Waals surface area contributed by atoms with E-state index in [0.717, 1.165) is 11.8 Å². The van der Waals surface area contributed by atoms with E-state index in [1.54, 1.807) is 17.2 Å². The number of halogens is 1. The van der Waals surface area contributed by atoms with Crippen LogP contribution in [0.5, 0.6) is 0 Å². The molecule has 3 heterocycles. The van der Waals surface area contributed by atoms with Gasteiger partial charge in [0.25, 0.3) is 0 Å². The van der Waals surface area contributed by atoms with E-state index in [9.17, 15) is 4.79 Å². The van der Waals surface area contributed by atoms with Gasteiger partial charge in [0.1, 0.15) is 11.1 Å². The predicted octanol–water partition coefficient (Wildman–Crippen LogP) is 3.10. The van der Waals surface area contributed by atoms with E-state index in [4.69, 9.17) is 16.3 Å². The molecule has 0 saturated carbocycles. The van der Waals surface area contributed by atoms with Crippen LogP contribution < -0.4 is 5.32 Å². The van der Waals surface area contributed by atoms with Crippen LogP contribution in [0.15, 0.2) is 18.3 Å². The number of hydrogen-bond acceptors (Lipinski definition) is 6. The Bertz CT molecular complexity index is 762. The summed E-state index contributed by atoms with van der Waals surface area (Å²) in [5, 5.41) is 12.5. The van der Waals surface area contributed by atoms with Crippen LogP contribution in [0, 0.1) is 0 Å². The average Bonchev–Trinajstić information content (AvgIpc) is 2.98. The highest BCUT2D eigenvalue weighted by atomic mass is 35.5. The van der Waals surface area contributed by atoms with Crippen molar-refractivity contribution in [2.45, 2.75) is 38.8 Å². The summed E-state index contributed by atoms with van der Waals surface area (Å²) in [4.78, 5) is 18.2. The number of nitrogens with zero attached hydrogens (tertiary/aromatic N) is 4. The minimum Gasteiger partial charge on any atom is -0.444 e. The lowest BCUT2D eigenvalue weighted by Crippen LogP contribution is -2.36. The number of carbonyl (C=O) groups excluding carboxylic acids is 1. The number of hydrogen-bond donors (Lipinski definition) is 1. The number of amides is 1. The molecule has 0 radical (unpaired) electrons. The number of nitrogens with one attached hydrogen (secondary N) is 1. The molecule has 8 heteroatoms. The maximum Gasteiger partial charge on any atom is 0.410 e. The highest BCUT2D eigenvalue weighted by Crippen LogP contribution is 2.25. The molecule has 2 aromatic heterocycles. The fourth-order valence-electron chi connectivity index (χ4n) is 2.62. The van der Waals surface area contributed by atoms with Gasteiger partial charge in [0.2, 0.25) is 0 Å². The van der Waals surface area contributed by atoms with Crippen LogP contribution in [0.2, 0.25) is 5.15 Å². The Kier molecular flexibility index (Phi) is 4.45. The van der Waals surface area contributed by atoms with E-state index in [1.807, 2.05) is 26.8 Å². The van der Waals surface area contributed by atoms with Crippen molar-refractivity contribution in [2.24, 2.45) is 0 Å². The molecule has 1 N–H and O–H groups in total. The third-order valence-corrected chi connectivity index (χ3v) is 3.95. The number of ether oxygens (including phenoxy) is 1. The zero-order valence-corrected chi connectivity index (χ0v) is 14.7. The molecular weight excluding hydrogens is 330 g/mol. The molecule has 0 bridgehead atoms. The van der Waals surface area contributed by atoms with Crippen LogP contribution in [0.3, 0.4) is 0 Å². The standard InChI is InChI=1S/C16H20ClN5O2/c1-16(2,3)24-15(23)22-8-6-10(9-22)19-14-12-11(5-4-7-18-12)13(17)20-21-14/h4-5,7,10H,6,8-9H2,1-3H3,(H,19,21)/t10-/m0/s1. The van der Waals surface area contributed by atoms with E-state index in [1.165, 1.54) is 0 Å². The number of pyridine rings is 1. The summed E-state index contributed by atoms with van der Waals surface area (Å²) in [6, 6.07) is 3.73. The van der Waals surface area contributed by atoms with Gasteiger partial charge >= 0.3 is 6.09 Å². The maximum atomic E-state index is 12.1. The first-order valence-electron chi connectivity index (χ1n) is 7.85. The number of fused-ring (bicyclic) bond motifs is 1. The summed E-state index contributed by atoms with van der Waals surface area (Å²) in [7, 11) is 0. The minimum absolute atomic E-state index is 0.0678. The van der Waals surface area contributed by atoms with Crippen LogP contribution in [0.25, 0.3) is 10.9 Å². The SMILES string of the molecule is CC(C)(C)OC(=O)N1CC[C@H](Nc2nnc(Cl)c3cccnc23)C1. The van der Waals surface area contributed by atoms with Gasteiger partial charge in [-0.25, -0.2) is 4.79 Å². The van der Waals surface area contributed by atoms with E-state index in [-0.39, 0.29) is 12.1 Å². The Morgan fingerprint density at radius 1 is 1.42 bits per heavy atom. The van der Waals surface area contributed by atoms with E-state index < -0.39 is 5.60 Å². The zero-order chi connectivity index (χ0) is 17.3. The molecule has 128 valence electrons. The summed E-state index contributed by atoms with van der Waals surface area (Å²) >= 11 is 6.06. The van der Waals surface area contributed by atoms with Crippen molar-refractivity contribution in [1.82, 2.24) is 20.1 Å². The molecule has 0 unspecified atom stereocenters. The Balaban J connectivity index is 1.70. The second-order valence-electron chi connectivity index (χ2n) is 6.80. The molecule has 1 aliphatic rings. The zero-order valence-electron chi connectivity index (χ0n) is 13.9. The molecule has 1 saturated heterocycles. The largest absolute Gasteiger partial charge is 0.444 e. The van der Waals surface area contributed by atoms with Gasteiger partial charge in [0.05, 0.1) is 0 Å². The van der Waals surface area contributed by atoms with Gasteiger partial charge in [0.15, 0.2) is 11.0 Å². The second kappa shape index (κ2) is 6.39. The second-order valence-corrected chi connectivity index (χ2v) is 7.15. The minimum atomic E-state index is -0.496. The normalized spacial score (nSPS) is 18.0. The third-order valence-electron chi connectivity index (χ3n) is 3.67. The Morgan fingerprint density at radius 2 is 2.21 bits per heavy atom. The fourth-order valence-corrected chi connectivity index (χ4v) is 2.81. The van der Waals surface area contributed by atoms with Gasteiger partial charge in [-0.3, -0.25) is 4.98 Å². The molecule has 24 heavy (non-hydrogen) atoms. The quantitative estimate of drug-likeness (QED) is 0.897. The van der Waals surface area contributed by atoms with Gasteiger partial charge in [0, 0.05) is 30.7 Å². The summed E-state index contributed by atoms with van der Waals surface area (Å²) in [5.74, 6) is 0.575. The van der Waals surface area contributed by atoms with Gasteiger partial charge in [-0.05, 0) is 39.3 Å². The molecule has 1 atom stereocenters. The van der Waals surface area contributed by atoms with Crippen LogP contribution in [0.4, 0.5) is 10.6 Å². The smallest absolute Gasteiger partial charge is 0.410 e. The van der Waals surface area contributed by atoms with Crippen molar-refractivity contribution in [3.8, 4) is 0 Å². The maximum absolute atomic E-state index is 12.1. The van der Waals surface area contributed by atoms with E-state index in [0.29, 0.717) is 29.6 Å². The van der Waals surface area contributed by atoms with Crippen LogP contribution >= 0.6 is 11.6 Å². The average molecular weight is 350 g/mol. The number of anilines is 1. The number of aromatic nitrogens is 3. The van der Waals surface area contributed by atoms with E-state index >= 15 is 0 Å². The van der Waals surface area contributed by atoms with Crippen molar-refractivity contribution in [1.29, 1.82) is 0 Å². The Hall–Kier alpha value is -2.15. The van der Waals surface area contributed by atoms with E-state index in [2.05, 4.69) is 20.5 Å². The molecule has 1 amide bonds. The molecule has 3 rings (SSSR count). The monoisotopic (exact) mass is 349 g/mol. The van der Waals surface area contributed by atoms with Crippen molar-refractivity contribution in [2.75, 3.05) is 18.4 Å². The van der Waals surface area contributed by atoms with Crippen LogP contribution in [-0.4, -0.2) is 50.9 Å². The van der Waals surface area contributed by atoms with Crippen LogP contribution in [-0.2, 0) is 4.74 Å². The Labute approximate surface area is 145 Å². The summed E-state index contributed by atoms with van der Waals surface area (Å²) in [6.07, 6.45) is 2.20. The molecule has 1 fully saturated rings. The highest BCUT2D eigenvalue weighted by molar-refractivity contribution is 6.34. The Morgan fingerprint density at radius 3 is 2.96 bits per heavy atom. The molecular formula is C16H20ClN5O2. The van der Waals surface area contributed by atoms with Crippen molar-refractivity contribution >= 4 is 34.4 Å². The fraction of sp³-hybridized carbons (Fsp3) is 0.500. The number of likely N-dealkylation sites (tertiary alicyclic amines) is 1. The lowest BCUT2D eigenvalue weighted by atomic mass is 10.2. The van der Waals surface area contributed by atoms with Gasteiger partial charge in [-0.2, -0.15) is 0 Å². The third kappa shape index (κ3) is 3.67. The van der Waals surface area contributed by atoms with Gasteiger partial charge in [-0.15, -0.1) is 10.2 Å². The molecule has 1 aliphatic heterocycles. The first kappa shape index (κ1) is 16.7. The first-order valence-corrected chi connectivity index (χ1v) is 8.22. The lowest BCUT2D eigenvalue weighted by Gasteiger charge is -2.24. The number of carbonyl (C=O) groups is 1. The number of rotatable bonds is 2. The summed E-state index contributed by atoms with van der Waals surface area (Å²) in [6.45, 7) is 6.76. The topological polar surface area (TPSA) is 80.2 Å². The van der Waals surface area contributed by atoms with Gasteiger partial charge < -0.3 is 15.0 Å². The van der Waals surface area contributed by atoms with Crippen molar-refractivity contribution in [3.63, 3.8) is 0 Å². The molecule has 2 aromatic rings. The van der Waals surface area contributed by atoms with Crippen molar-refractivity contribution < 1.29 is 9.53 Å².